The molecule has 3 nitrogen and oxygen atoms in total. The van der Waals surface area contributed by atoms with Gasteiger partial charge in [0.1, 0.15) is 12.4 Å². The van der Waals surface area contributed by atoms with Crippen LogP contribution in [0.25, 0.3) is 0 Å². The number of anilines is 1. The maximum atomic E-state index is 12.2. The van der Waals surface area contributed by atoms with E-state index in [1.54, 1.807) is 36.4 Å². The molecule has 0 aliphatic carbocycles. The van der Waals surface area contributed by atoms with Crippen LogP contribution in [0.2, 0.25) is 10.0 Å². The fourth-order valence-electron chi connectivity index (χ4n) is 1.71. The molecule has 2 rings (SSSR count). The minimum atomic E-state index is -0.294. The highest BCUT2D eigenvalue weighted by atomic mass is 35.5. The highest BCUT2D eigenvalue weighted by molar-refractivity contribution is 6.37. The van der Waals surface area contributed by atoms with Gasteiger partial charge < -0.3 is 10.1 Å². The second-order valence-corrected chi connectivity index (χ2v) is 5.69. The van der Waals surface area contributed by atoms with Crippen molar-refractivity contribution in [3.63, 3.8) is 0 Å². The Morgan fingerprint density at radius 2 is 1.86 bits per heavy atom. The summed E-state index contributed by atoms with van der Waals surface area (Å²) in [5, 5.41) is 3.57. The smallest absolute Gasteiger partial charge is 0.257 e. The molecule has 0 saturated heterocycles. The maximum Gasteiger partial charge on any atom is 0.257 e. The van der Waals surface area contributed by atoms with E-state index in [2.05, 4.69) is 11.9 Å². The molecule has 2 aromatic rings. The molecule has 0 aromatic heterocycles. The molecule has 0 atom stereocenters. The van der Waals surface area contributed by atoms with Crippen molar-refractivity contribution < 1.29 is 9.53 Å². The summed E-state index contributed by atoms with van der Waals surface area (Å²) in [5.74, 6) is 0.419. The second kappa shape index (κ2) is 7.34. The number of nitrogens with one attached hydrogen (secondary N) is 1. The Balaban J connectivity index is 2.04. The van der Waals surface area contributed by atoms with Crippen LogP contribution in [-0.2, 0) is 0 Å². The van der Waals surface area contributed by atoms with Gasteiger partial charge in [0.2, 0.25) is 0 Å². The average molecular weight is 336 g/mol. The van der Waals surface area contributed by atoms with Gasteiger partial charge in [0.25, 0.3) is 5.91 Å². The van der Waals surface area contributed by atoms with E-state index < -0.39 is 0 Å². The van der Waals surface area contributed by atoms with Crippen molar-refractivity contribution in [1.82, 2.24) is 0 Å². The van der Waals surface area contributed by atoms with Crippen LogP contribution in [0.3, 0.4) is 0 Å². The van der Waals surface area contributed by atoms with E-state index in [1.807, 2.05) is 6.92 Å². The summed E-state index contributed by atoms with van der Waals surface area (Å²) in [6.07, 6.45) is 0. The number of hydrogen-bond donors (Lipinski definition) is 1. The summed E-state index contributed by atoms with van der Waals surface area (Å²) in [5.41, 5.74) is 1.96. The Bertz CT molecular complexity index is 696. The van der Waals surface area contributed by atoms with E-state index in [-0.39, 0.29) is 5.91 Å². The number of carbonyl (C=O) groups excluding carboxylic acids is 1. The Kier molecular flexibility index (Phi) is 5.47. The summed E-state index contributed by atoms with van der Waals surface area (Å²) in [4.78, 5) is 12.2. The van der Waals surface area contributed by atoms with Gasteiger partial charge >= 0.3 is 0 Å². The predicted molar refractivity (Wildman–Crippen MR) is 91.2 cm³/mol. The number of amides is 1. The summed E-state index contributed by atoms with van der Waals surface area (Å²) in [7, 11) is 0. The lowest BCUT2D eigenvalue weighted by Crippen LogP contribution is -2.12. The first kappa shape index (κ1) is 16.4. The third-order valence-electron chi connectivity index (χ3n) is 2.77. The van der Waals surface area contributed by atoms with Gasteiger partial charge in [-0.25, -0.2) is 0 Å². The van der Waals surface area contributed by atoms with E-state index in [1.165, 1.54) is 6.07 Å². The molecule has 5 heteroatoms. The first-order valence-electron chi connectivity index (χ1n) is 6.59. The summed E-state index contributed by atoms with van der Waals surface area (Å²) in [6, 6.07) is 11.8. The van der Waals surface area contributed by atoms with Crippen LogP contribution in [0.1, 0.15) is 17.3 Å². The largest absolute Gasteiger partial charge is 0.489 e. The van der Waals surface area contributed by atoms with Gasteiger partial charge in [0.15, 0.2) is 0 Å². The maximum absolute atomic E-state index is 12.2. The molecule has 0 unspecified atom stereocenters. The van der Waals surface area contributed by atoms with E-state index in [9.17, 15) is 4.79 Å². The standard InChI is InChI=1S/C17H15Cl2NO2/c1-11(2)10-22-14-6-4-13(5-7-14)20-17(21)15-8-3-12(18)9-16(15)19/h3-9H,1,10H2,2H3,(H,20,21). The van der Waals surface area contributed by atoms with Gasteiger partial charge in [-0.1, -0.05) is 29.8 Å². The predicted octanol–water partition coefficient (Wildman–Crippen LogP) is 5.20. The Labute approximate surface area is 139 Å². The second-order valence-electron chi connectivity index (χ2n) is 4.85. The molecule has 0 fully saturated rings. The van der Waals surface area contributed by atoms with Crippen LogP contribution in [0, 0.1) is 0 Å². The highest BCUT2D eigenvalue weighted by Crippen LogP contribution is 2.23. The number of hydrogen-bond acceptors (Lipinski definition) is 2. The van der Waals surface area contributed by atoms with Gasteiger partial charge in [0.05, 0.1) is 10.6 Å². The molecule has 22 heavy (non-hydrogen) atoms. The molecular weight excluding hydrogens is 321 g/mol. The number of benzene rings is 2. The summed E-state index contributed by atoms with van der Waals surface area (Å²) in [6.45, 7) is 6.13. The minimum absolute atomic E-state index is 0.294. The zero-order chi connectivity index (χ0) is 16.1. The molecule has 1 amide bonds. The lowest BCUT2D eigenvalue weighted by atomic mass is 10.2. The zero-order valence-electron chi connectivity index (χ0n) is 12.0. The lowest BCUT2D eigenvalue weighted by molar-refractivity contribution is 0.102. The fourth-order valence-corrected chi connectivity index (χ4v) is 2.21. The van der Waals surface area contributed by atoms with Crippen molar-refractivity contribution in [3.8, 4) is 5.75 Å². The third-order valence-corrected chi connectivity index (χ3v) is 3.32. The Morgan fingerprint density at radius 1 is 1.18 bits per heavy atom. The van der Waals surface area contributed by atoms with Crippen LogP contribution >= 0.6 is 23.2 Å². The number of carbonyl (C=O) groups is 1. The number of halogens is 2. The number of rotatable bonds is 5. The van der Waals surface area contributed by atoms with Gasteiger partial charge in [-0.05, 0) is 55.0 Å². The summed E-state index contributed by atoms with van der Waals surface area (Å²) < 4.78 is 5.50. The van der Waals surface area contributed by atoms with Gasteiger partial charge in [-0.3, -0.25) is 4.79 Å². The SMILES string of the molecule is C=C(C)COc1ccc(NC(=O)c2ccc(Cl)cc2Cl)cc1. The van der Waals surface area contributed by atoms with Crippen molar-refractivity contribution in [2.45, 2.75) is 6.92 Å². The van der Waals surface area contributed by atoms with Gasteiger partial charge in [-0.2, -0.15) is 0 Å². The first-order valence-corrected chi connectivity index (χ1v) is 7.35. The highest BCUT2D eigenvalue weighted by Gasteiger charge is 2.11. The molecule has 0 saturated carbocycles. The van der Waals surface area contributed by atoms with Crippen molar-refractivity contribution in [2.75, 3.05) is 11.9 Å². The molecule has 2 aromatic carbocycles. The normalized spacial score (nSPS) is 10.1. The summed E-state index contributed by atoms with van der Waals surface area (Å²) >= 11 is 11.8. The van der Waals surface area contributed by atoms with Crippen molar-refractivity contribution >= 4 is 34.8 Å². The third kappa shape index (κ3) is 4.52. The van der Waals surface area contributed by atoms with Gasteiger partial charge in [0, 0.05) is 10.7 Å². The Morgan fingerprint density at radius 3 is 2.45 bits per heavy atom. The quantitative estimate of drug-likeness (QED) is 0.762. The molecule has 1 N–H and O–H groups in total. The first-order chi connectivity index (χ1) is 10.5. The average Bonchev–Trinajstić information content (AvgIpc) is 2.46. The molecular formula is C17H15Cl2NO2. The van der Waals surface area contributed by atoms with Crippen LogP contribution in [-0.4, -0.2) is 12.5 Å². The molecule has 114 valence electrons. The fraction of sp³-hybridized carbons (Fsp3) is 0.118. The molecule has 0 heterocycles. The van der Waals surface area contributed by atoms with E-state index in [0.717, 1.165) is 5.57 Å². The molecule has 0 aliphatic heterocycles. The Hall–Kier alpha value is -1.97. The monoisotopic (exact) mass is 335 g/mol. The molecule has 0 bridgehead atoms. The molecule has 0 spiro atoms. The van der Waals surface area contributed by atoms with Crippen LogP contribution in [0.5, 0.6) is 5.75 Å². The van der Waals surface area contributed by atoms with Crippen LogP contribution in [0.15, 0.2) is 54.6 Å². The van der Waals surface area contributed by atoms with E-state index >= 15 is 0 Å². The molecule has 0 radical (unpaired) electrons. The minimum Gasteiger partial charge on any atom is -0.489 e. The lowest BCUT2D eigenvalue weighted by Gasteiger charge is -2.09. The van der Waals surface area contributed by atoms with Crippen molar-refractivity contribution in [2.24, 2.45) is 0 Å². The number of ether oxygens (including phenoxy) is 1. The van der Waals surface area contributed by atoms with Crippen LogP contribution < -0.4 is 10.1 Å². The van der Waals surface area contributed by atoms with E-state index in [4.69, 9.17) is 27.9 Å². The zero-order valence-corrected chi connectivity index (χ0v) is 13.5. The van der Waals surface area contributed by atoms with Crippen LogP contribution in [0.4, 0.5) is 5.69 Å². The van der Waals surface area contributed by atoms with Gasteiger partial charge in [-0.15, -0.1) is 0 Å². The van der Waals surface area contributed by atoms with E-state index in [0.29, 0.717) is 33.7 Å². The van der Waals surface area contributed by atoms with Crippen molar-refractivity contribution in [3.05, 3.63) is 70.2 Å². The molecule has 0 aliphatic rings. The topological polar surface area (TPSA) is 38.3 Å². The van der Waals surface area contributed by atoms with Crippen molar-refractivity contribution in [1.29, 1.82) is 0 Å².